The third-order valence-corrected chi connectivity index (χ3v) is 3.45. The summed E-state index contributed by atoms with van der Waals surface area (Å²) in [4.78, 5) is 11.1. The molecule has 1 aromatic rings. The van der Waals surface area contributed by atoms with Crippen LogP contribution in [0.15, 0.2) is 24.3 Å². The average Bonchev–Trinajstić information content (AvgIpc) is 2.81. The number of aliphatic carboxylic acids is 1. The predicted octanol–water partition coefficient (Wildman–Crippen LogP) is 2.22. The Labute approximate surface area is 113 Å². The number of hydrogen-bond donors (Lipinski definition) is 2. The van der Waals surface area contributed by atoms with Crippen LogP contribution < -0.4 is 10.1 Å². The van der Waals surface area contributed by atoms with Crippen molar-refractivity contribution in [2.75, 3.05) is 6.54 Å². The SMILES string of the molecule is CCCCC(NCC1Cc2ccccc2O1)C(=O)O. The Hall–Kier alpha value is -1.55. The summed E-state index contributed by atoms with van der Waals surface area (Å²) < 4.78 is 5.79. The zero-order valence-electron chi connectivity index (χ0n) is 11.3. The molecule has 4 heteroatoms. The second-order valence-electron chi connectivity index (χ2n) is 4.99. The fourth-order valence-electron chi connectivity index (χ4n) is 2.36. The summed E-state index contributed by atoms with van der Waals surface area (Å²) in [6.45, 7) is 2.64. The normalized spacial score (nSPS) is 18.7. The van der Waals surface area contributed by atoms with Gasteiger partial charge in [-0.25, -0.2) is 0 Å². The summed E-state index contributed by atoms with van der Waals surface area (Å²) in [7, 11) is 0. The van der Waals surface area contributed by atoms with Gasteiger partial charge in [0.25, 0.3) is 0 Å². The van der Waals surface area contributed by atoms with E-state index >= 15 is 0 Å². The Morgan fingerprint density at radius 1 is 1.53 bits per heavy atom. The molecule has 0 aromatic heterocycles. The molecule has 2 rings (SSSR count). The minimum Gasteiger partial charge on any atom is -0.488 e. The molecule has 0 bridgehead atoms. The van der Waals surface area contributed by atoms with Crippen LogP contribution in [0, 0.1) is 0 Å². The van der Waals surface area contributed by atoms with E-state index < -0.39 is 12.0 Å². The number of unbranched alkanes of at least 4 members (excludes halogenated alkanes) is 1. The van der Waals surface area contributed by atoms with Crippen molar-refractivity contribution >= 4 is 5.97 Å². The lowest BCUT2D eigenvalue weighted by Crippen LogP contribution is -2.42. The largest absolute Gasteiger partial charge is 0.488 e. The highest BCUT2D eigenvalue weighted by molar-refractivity contribution is 5.73. The molecule has 1 heterocycles. The van der Waals surface area contributed by atoms with Gasteiger partial charge < -0.3 is 15.2 Å². The molecule has 4 nitrogen and oxygen atoms in total. The van der Waals surface area contributed by atoms with Crippen molar-refractivity contribution in [3.63, 3.8) is 0 Å². The summed E-state index contributed by atoms with van der Waals surface area (Å²) in [5, 5.41) is 12.3. The number of carbonyl (C=O) groups is 1. The van der Waals surface area contributed by atoms with Crippen LogP contribution in [0.4, 0.5) is 0 Å². The number of para-hydroxylation sites is 1. The fourth-order valence-corrected chi connectivity index (χ4v) is 2.36. The van der Waals surface area contributed by atoms with E-state index in [-0.39, 0.29) is 6.10 Å². The Balaban J connectivity index is 1.81. The maximum atomic E-state index is 11.1. The Kier molecular flexibility index (Phi) is 4.80. The van der Waals surface area contributed by atoms with Crippen molar-refractivity contribution in [2.45, 2.75) is 44.8 Å². The molecule has 2 unspecified atom stereocenters. The van der Waals surface area contributed by atoms with Crippen molar-refractivity contribution in [3.05, 3.63) is 29.8 Å². The van der Waals surface area contributed by atoms with E-state index in [9.17, 15) is 4.79 Å². The van der Waals surface area contributed by atoms with Gasteiger partial charge in [-0.3, -0.25) is 4.79 Å². The molecule has 2 N–H and O–H groups in total. The highest BCUT2D eigenvalue weighted by Gasteiger charge is 2.24. The van der Waals surface area contributed by atoms with Crippen molar-refractivity contribution in [2.24, 2.45) is 0 Å². The topological polar surface area (TPSA) is 58.6 Å². The second-order valence-corrected chi connectivity index (χ2v) is 4.99. The summed E-state index contributed by atoms with van der Waals surface area (Å²) in [5.74, 6) is 0.152. The summed E-state index contributed by atoms with van der Waals surface area (Å²) in [5.41, 5.74) is 1.20. The van der Waals surface area contributed by atoms with E-state index in [0.717, 1.165) is 25.0 Å². The Morgan fingerprint density at radius 2 is 2.32 bits per heavy atom. The van der Waals surface area contributed by atoms with E-state index in [1.54, 1.807) is 0 Å². The molecule has 104 valence electrons. The van der Waals surface area contributed by atoms with Crippen LogP contribution in [0.3, 0.4) is 0 Å². The molecule has 1 aromatic carbocycles. The van der Waals surface area contributed by atoms with E-state index in [2.05, 4.69) is 18.3 Å². The number of rotatable bonds is 7. The third-order valence-electron chi connectivity index (χ3n) is 3.45. The Morgan fingerprint density at radius 3 is 3.00 bits per heavy atom. The summed E-state index contributed by atoms with van der Waals surface area (Å²) in [6.07, 6.45) is 3.50. The van der Waals surface area contributed by atoms with Gasteiger partial charge in [-0.1, -0.05) is 38.0 Å². The second kappa shape index (κ2) is 6.57. The number of ether oxygens (including phenoxy) is 1. The van der Waals surface area contributed by atoms with Gasteiger partial charge in [-0.15, -0.1) is 0 Å². The first kappa shape index (κ1) is 13.9. The predicted molar refractivity (Wildman–Crippen MR) is 73.5 cm³/mol. The van der Waals surface area contributed by atoms with Gasteiger partial charge in [0.2, 0.25) is 0 Å². The van der Waals surface area contributed by atoms with Gasteiger partial charge in [0.15, 0.2) is 0 Å². The van der Waals surface area contributed by atoms with Crippen LogP contribution in [0.2, 0.25) is 0 Å². The third kappa shape index (κ3) is 3.70. The molecular weight excluding hydrogens is 242 g/mol. The minimum absolute atomic E-state index is 0.0425. The van der Waals surface area contributed by atoms with E-state index in [1.165, 1.54) is 5.56 Å². The Bertz CT molecular complexity index is 408. The lowest BCUT2D eigenvalue weighted by Gasteiger charge is -2.17. The van der Waals surface area contributed by atoms with Gasteiger partial charge in [-0.05, 0) is 18.1 Å². The lowest BCUT2D eigenvalue weighted by molar-refractivity contribution is -0.139. The van der Waals surface area contributed by atoms with Gasteiger partial charge in [-0.2, -0.15) is 0 Å². The van der Waals surface area contributed by atoms with Gasteiger partial charge >= 0.3 is 5.97 Å². The molecule has 0 amide bonds. The first-order valence-electron chi connectivity index (χ1n) is 6.91. The van der Waals surface area contributed by atoms with Crippen molar-refractivity contribution < 1.29 is 14.6 Å². The number of hydrogen-bond acceptors (Lipinski definition) is 3. The van der Waals surface area contributed by atoms with Gasteiger partial charge in [0, 0.05) is 13.0 Å². The summed E-state index contributed by atoms with van der Waals surface area (Å²) in [6, 6.07) is 7.50. The fraction of sp³-hybridized carbons (Fsp3) is 0.533. The highest BCUT2D eigenvalue weighted by atomic mass is 16.5. The first-order valence-corrected chi connectivity index (χ1v) is 6.91. The molecule has 0 saturated heterocycles. The minimum atomic E-state index is -0.774. The monoisotopic (exact) mass is 263 g/mol. The van der Waals surface area contributed by atoms with E-state index in [0.29, 0.717) is 13.0 Å². The zero-order valence-corrected chi connectivity index (χ0v) is 11.3. The molecule has 0 radical (unpaired) electrons. The van der Waals surface area contributed by atoms with Crippen LogP contribution in [-0.2, 0) is 11.2 Å². The molecular formula is C15H21NO3. The highest BCUT2D eigenvalue weighted by Crippen LogP contribution is 2.27. The standard InChI is InChI=1S/C15H21NO3/c1-2-3-7-13(15(17)18)16-10-12-9-11-6-4-5-8-14(11)19-12/h4-6,8,12-13,16H,2-3,7,9-10H2,1H3,(H,17,18). The number of carboxylic acid groups (broad SMARTS) is 1. The van der Waals surface area contributed by atoms with Crippen LogP contribution in [0.1, 0.15) is 31.7 Å². The number of nitrogens with one attached hydrogen (secondary N) is 1. The van der Waals surface area contributed by atoms with E-state index in [4.69, 9.17) is 9.84 Å². The van der Waals surface area contributed by atoms with Crippen LogP contribution in [0.25, 0.3) is 0 Å². The van der Waals surface area contributed by atoms with Crippen LogP contribution in [0.5, 0.6) is 5.75 Å². The average molecular weight is 263 g/mol. The lowest BCUT2D eigenvalue weighted by atomic mass is 10.1. The van der Waals surface area contributed by atoms with E-state index in [1.807, 2.05) is 18.2 Å². The number of carboxylic acids is 1. The molecule has 2 atom stereocenters. The van der Waals surface area contributed by atoms with Crippen molar-refractivity contribution in [1.82, 2.24) is 5.32 Å². The molecule has 19 heavy (non-hydrogen) atoms. The van der Waals surface area contributed by atoms with Crippen molar-refractivity contribution in [3.8, 4) is 5.75 Å². The number of fused-ring (bicyclic) bond motifs is 1. The maximum absolute atomic E-state index is 11.1. The molecule has 0 saturated carbocycles. The van der Waals surface area contributed by atoms with Crippen LogP contribution >= 0.6 is 0 Å². The first-order chi connectivity index (χ1) is 9.20. The molecule has 1 aliphatic rings. The number of benzene rings is 1. The van der Waals surface area contributed by atoms with Crippen LogP contribution in [-0.4, -0.2) is 29.8 Å². The van der Waals surface area contributed by atoms with Crippen molar-refractivity contribution in [1.29, 1.82) is 0 Å². The smallest absolute Gasteiger partial charge is 0.320 e. The maximum Gasteiger partial charge on any atom is 0.320 e. The van der Waals surface area contributed by atoms with Gasteiger partial charge in [0.1, 0.15) is 17.9 Å². The molecule has 0 spiro atoms. The quantitative estimate of drug-likeness (QED) is 0.792. The zero-order chi connectivity index (χ0) is 13.7. The van der Waals surface area contributed by atoms with Gasteiger partial charge in [0.05, 0.1) is 0 Å². The molecule has 0 aliphatic carbocycles. The molecule has 1 aliphatic heterocycles. The molecule has 0 fully saturated rings. The summed E-state index contributed by atoms with van der Waals surface area (Å²) >= 11 is 0.